The van der Waals surface area contributed by atoms with E-state index in [-0.39, 0.29) is 11.6 Å². The van der Waals surface area contributed by atoms with Crippen molar-refractivity contribution in [1.29, 1.82) is 0 Å². The van der Waals surface area contributed by atoms with Gasteiger partial charge in [-0.05, 0) is 44.3 Å². The Morgan fingerprint density at radius 1 is 1.02 bits per heavy atom. The number of aromatic hydroxyl groups is 1. The second-order valence-corrected chi connectivity index (χ2v) is 10.3. The number of ether oxygens (including phenoxy) is 1. The smallest absolute Gasteiger partial charge is 0.273 e. The molecule has 3 aromatic rings. The van der Waals surface area contributed by atoms with Gasteiger partial charge in [-0.15, -0.1) is 5.10 Å². The third-order valence-corrected chi connectivity index (χ3v) is 7.36. The number of aromatic nitrogens is 3. The predicted molar refractivity (Wildman–Crippen MR) is 151 cm³/mol. The summed E-state index contributed by atoms with van der Waals surface area (Å²) in [5, 5.41) is 23.3. The fourth-order valence-electron chi connectivity index (χ4n) is 4.93. The van der Waals surface area contributed by atoms with E-state index in [0.29, 0.717) is 42.8 Å². The lowest BCUT2D eigenvalue weighted by atomic mass is 10.1. The molecule has 0 atom stereocenters. The van der Waals surface area contributed by atoms with E-state index in [4.69, 9.17) is 4.74 Å². The number of phenols is 1. The summed E-state index contributed by atoms with van der Waals surface area (Å²) in [6.45, 7) is 7.56. The average Bonchev–Trinajstić information content (AvgIpc) is 3.49. The van der Waals surface area contributed by atoms with Crippen molar-refractivity contribution in [2.24, 2.45) is 0 Å². The van der Waals surface area contributed by atoms with E-state index in [9.17, 15) is 23.5 Å². The maximum Gasteiger partial charge on any atom is 0.273 e. The van der Waals surface area contributed by atoms with Crippen LogP contribution < -0.4 is 15.5 Å². The van der Waals surface area contributed by atoms with Gasteiger partial charge in [-0.2, -0.15) is 0 Å². The predicted octanol–water partition coefficient (Wildman–Crippen LogP) is 1.71. The maximum absolute atomic E-state index is 14.4. The number of hydrogen-bond donors (Lipinski definition) is 3. The quantitative estimate of drug-likeness (QED) is 0.322. The molecule has 2 saturated heterocycles. The number of amides is 2. The zero-order valence-corrected chi connectivity index (χ0v) is 23.4. The molecular formula is C28H34F2N8O4. The molecule has 5 rings (SSSR count). The van der Waals surface area contributed by atoms with Crippen molar-refractivity contribution in [3.05, 3.63) is 59.4 Å². The van der Waals surface area contributed by atoms with Crippen molar-refractivity contribution in [2.45, 2.75) is 6.42 Å². The van der Waals surface area contributed by atoms with Gasteiger partial charge in [0.2, 0.25) is 0 Å². The number of rotatable bonds is 9. The molecule has 2 amide bonds. The van der Waals surface area contributed by atoms with Gasteiger partial charge >= 0.3 is 0 Å². The molecule has 2 aliphatic heterocycles. The zero-order chi connectivity index (χ0) is 29.6. The highest BCUT2D eigenvalue weighted by Gasteiger charge is 2.23. The topological polar surface area (TPSA) is 128 Å². The maximum atomic E-state index is 14.4. The Balaban J connectivity index is 1.32. The lowest BCUT2D eigenvalue weighted by Gasteiger charge is -2.35. The fraction of sp³-hybridized carbons (Fsp3) is 0.429. The summed E-state index contributed by atoms with van der Waals surface area (Å²) in [7, 11) is 2.02. The Morgan fingerprint density at radius 2 is 1.79 bits per heavy atom. The highest BCUT2D eigenvalue weighted by Crippen LogP contribution is 2.31. The molecule has 0 saturated carbocycles. The third kappa shape index (κ3) is 7.01. The number of piperazine rings is 1. The van der Waals surface area contributed by atoms with Gasteiger partial charge in [-0.1, -0.05) is 5.21 Å². The largest absolute Gasteiger partial charge is 0.508 e. The molecule has 14 heteroatoms. The molecule has 0 spiro atoms. The molecule has 2 aliphatic rings. The van der Waals surface area contributed by atoms with Gasteiger partial charge < -0.3 is 30.3 Å². The Morgan fingerprint density at radius 3 is 2.55 bits per heavy atom. The summed E-state index contributed by atoms with van der Waals surface area (Å²) < 4.78 is 35.1. The second-order valence-electron chi connectivity index (χ2n) is 10.3. The molecule has 0 radical (unpaired) electrons. The molecule has 2 aromatic carbocycles. The number of morpholine rings is 1. The SMILES string of the molecule is CN1CCN(c2ccc(-n3cc(C(=O)NCCCN4CCOCC4)nn3)cc2NC(=O)c2cc(O)cc(F)c2F)CC1. The standard InChI is InChI=1S/C28H34F2N8O4/c1-35-7-9-37(10-8-35)25-4-3-19(15-23(25)32-27(40)21-16-20(39)17-22(29)26(21)30)38-18-24(33-34-38)28(41)31-5-2-6-36-11-13-42-14-12-36/h3-4,15-18,39H,2,5-14H2,1H3,(H,31,41)(H,32,40). The summed E-state index contributed by atoms with van der Waals surface area (Å²) in [5.74, 6) is -4.54. The summed E-state index contributed by atoms with van der Waals surface area (Å²) >= 11 is 0. The number of anilines is 2. The number of carbonyl (C=O) groups excluding carboxylic acids is 2. The highest BCUT2D eigenvalue weighted by atomic mass is 19.2. The first-order chi connectivity index (χ1) is 20.3. The van der Waals surface area contributed by atoms with Gasteiger partial charge in [0.25, 0.3) is 11.8 Å². The molecule has 12 nitrogen and oxygen atoms in total. The van der Waals surface area contributed by atoms with E-state index >= 15 is 0 Å². The van der Waals surface area contributed by atoms with Crippen LogP contribution in [0.2, 0.25) is 0 Å². The summed E-state index contributed by atoms with van der Waals surface area (Å²) in [5.41, 5.74) is 1.00. The van der Waals surface area contributed by atoms with Gasteiger partial charge in [-0.25, -0.2) is 13.5 Å². The normalized spacial score (nSPS) is 16.4. The first-order valence-electron chi connectivity index (χ1n) is 13.9. The van der Waals surface area contributed by atoms with Crippen LogP contribution in [0.1, 0.15) is 27.3 Å². The molecule has 224 valence electrons. The first kappa shape index (κ1) is 29.4. The van der Waals surface area contributed by atoms with Crippen molar-refractivity contribution < 1.29 is 28.2 Å². The van der Waals surface area contributed by atoms with Crippen molar-refractivity contribution in [2.75, 3.05) is 82.8 Å². The second kappa shape index (κ2) is 13.2. The lowest BCUT2D eigenvalue weighted by molar-refractivity contribution is 0.0374. The Labute approximate surface area is 241 Å². The third-order valence-electron chi connectivity index (χ3n) is 7.36. The van der Waals surface area contributed by atoms with Gasteiger partial charge in [0.1, 0.15) is 5.75 Å². The number of halogens is 2. The van der Waals surface area contributed by atoms with Crippen molar-refractivity contribution >= 4 is 23.2 Å². The van der Waals surface area contributed by atoms with Crippen LogP contribution in [0.3, 0.4) is 0 Å². The molecule has 3 heterocycles. The van der Waals surface area contributed by atoms with Crippen LogP contribution in [0, 0.1) is 11.6 Å². The molecule has 2 fully saturated rings. The van der Waals surface area contributed by atoms with Crippen LogP contribution in [-0.4, -0.2) is 114 Å². The van der Waals surface area contributed by atoms with Crippen LogP contribution in [-0.2, 0) is 4.74 Å². The van der Waals surface area contributed by atoms with E-state index in [1.54, 1.807) is 18.2 Å². The number of carbonyl (C=O) groups is 2. The fourth-order valence-corrected chi connectivity index (χ4v) is 4.93. The highest BCUT2D eigenvalue weighted by molar-refractivity contribution is 6.06. The van der Waals surface area contributed by atoms with E-state index in [1.807, 2.05) is 7.05 Å². The van der Waals surface area contributed by atoms with Crippen molar-refractivity contribution in [1.82, 2.24) is 30.1 Å². The number of nitrogens with zero attached hydrogens (tertiary/aromatic N) is 6. The number of nitrogens with one attached hydrogen (secondary N) is 2. The van der Waals surface area contributed by atoms with Gasteiger partial charge in [0, 0.05) is 51.9 Å². The minimum absolute atomic E-state index is 0.132. The molecule has 0 unspecified atom stereocenters. The van der Waals surface area contributed by atoms with Crippen LogP contribution in [0.5, 0.6) is 5.75 Å². The minimum Gasteiger partial charge on any atom is -0.508 e. The summed E-state index contributed by atoms with van der Waals surface area (Å²) in [6, 6.07) is 6.67. The molecule has 1 aromatic heterocycles. The zero-order valence-electron chi connectivity index (χ0n) is 23.4. The van der Waals surface area contributed by atoms with Crippen LogP contribution in [0.4, 0.5) is 20.2 Å². The number of hydrogen-bond acceptors (Lipinski definition) is 9. The Hall–Kier alpha value is -4.14. The lowest BCUT2D eigenvalue weighted by Crippen LogP contribution is -2.44. The minimum atomic E-state index is -1.36. The molecule has 42 heavy (non-hydrogen) atoms. The Kier molecular flexibility index (Phi) is 9.25. The number of likely N-dealkylation sites (N-methyl/N-ethyl adjacent to an activating group) is 1. The first-order valence-corrected chi connectivity index (χ1v) is 13.9. The number of benzene rings is 2. The summed E-state index contributed by atoms with van der Waals surface area (Å²) in [4.78, 5) is 32.3. The number of phenolic OH excluding ortho intramolecular Hbond substituents is 1. The van der Waals surface area contributed by atoms with Crippen molar-refractivity contribution in [3.63, 3.8) is 0 Å². The van der Waals surface area contributed by atoms with Crippen molar-refractivity contribution in [3.8, 4) is 11.4 Å². The van der Waals surface area contributed by atoms with Gasteiger partial charge in [0.15, 0.2) is 17.3 Å². The summed E-state index contributed by atoms with van der Waals surface area (Å²) in [6.07, 6.45) is 2.28. The van der Waals surface area contributed by atoms with Crippen LogP contribution in [0.15, 0.2) is 36.5 Å². The van der Waals surface area contributed by atoms with Crippen LogP contribution in [0.25, 0.3) is 5.69 Å². The average molecular weight is 585 g/mol. The van der Waals surface area contributed by atoms with E-state index in [2.05, 4.69) is 35.6 Å². The monoisotopic (exact) mass is 584 g/mol. The van der Waals surface area contributed by atoms with Gasteiger partial charge in [0.05, 0.1) is 42.0 Å². The van der Waals surface area contributed by atoms with E-state index < -0.39 is 28.9 Å². The van der Waals surface area contributed by atoms with Gasteiger partial charge in [-0.3, -0.25) is 14.5 Å². The van der Waals surface area contributed by atoms with E-state index in [0.717, 1.165) is 58.4 Å². The molecular weight excluding hydrogens is 550 g/mol. The molecule has 0 aliphatic carbocycles. The van der Waals surface area contributed by atoms with E-state index in [1.165, 1.54) is 10.9 Å². The van der Waals surface area contributed by atoms with Crippen LogP contribution >= 0.6 is 0 Å². The molecule has 0 bridgehead atoms. The Bertz CT molecular complexity index is 1420. The molecule has 3 N–H and O–H groups in total.